The fourth-order valence-corrected chi connectivity index (χ4v) is 2.39. The third-order valence-corrected chi connectivity index (χ3v) is 3.46. The van der Waals surface area contributed by atoms with Gasteiger partial charge >= 0.3 is 5.69 Å². The van der Waals surface area contributed by atoms with Crippen LogP contribution in [0.1, 0.15) is 25.0 Å². The number of aromatic amines is 1. The molecule has 22 heavy (non-hydrogen) atoms. The van der Waals surface area contributed by atoms with Gasteiger partial charge in [-0.05, 0) is 24.0 Å². The number of aryl methyl sites for hydroxylation is 2. The number of nitrogens with zero attached hydrogens (tertiary/aromatic N) is 3. The van der Waals surface area contributed by atoms with Gasteiger partial charge in [0.1, 0.15) is 5.82 Å². The number of rotatable bonds is 6. The first-order valence-corrected chi connectivity index (χ1v) is 7.33. The zero-order valence-corrected chi connectivity index (χ0v) is 13.0. The third-order valence-electron chi connectivity index (χ3n) is 3.46. The first-order chi connectivity index (χ1) is 10.6. The van der Waals surface area contributed by atoms with Gasteiger partial charge in [0.05, 0.1) is 6.54 Å². The molecule has 2 aromatic rings. The molecule has 116 valence electrons. The van der Waals surface area contributed by atoms with E-state index in [2.05, 4.69) is 35.4 Å². The molecule has 0 aliphatic heterocycles. The minimum atomic E-state index is -0.465. The molecule has 6 heteroatoms. The lowest BCUT2D eigenvalue weighted by Gasteiger charge is -2.16. The summed E-state index contributed by atoms with van der Waals surface area (Å²) >= 11 is 0. The van der Waals surface area contributed by atoms with Gasteiger partial charge in [-0.3, -0.25) is 9.99 Å². The molecule has 0 radical (unpaired) electrons. The SMILES string of the molecule is C=CCN(N)c1nc(-c2c(CC)cccc2CC)[nH]c(=O)n1. The summed E-state index contributed by atoms with van der Waals surface area (Å²) in [6.45, 7) is 8.13. The molecule has 1 aromatic heterocycles. The molecular formula is C16H21N5O. The van der Waals surface area contributed by atoms with Crippen molar-refractivity contribution in [3.05, 3.63) is 52.5 Å². The monoisotopic (exact) mass is 299 g/mol. The number of nitrogens with two attached hydrogens (primary N) is 1. The zero-order valence-electron chi connectivity index (χ0n) is 13.0. The molecule has 0 bridgehead atoms. The summed E-state index contributed by atoms with van der Waals surface area (Å²) in [6.07, 6.45) is 3.33. The average molecular weight is 299 g/mol. The maximum absolute atomic E-state index is 11.9. The highest BCUT2D eigenvalue weighted by Gasteiger charge is 2.14. The van der Waals surface area contributed by atoms with Crippen molar-refractivity contribution >= 4 is 5.95 Å². The number of anilines is 1. The van der Waals surface area contributed by atoms with E-state index < -0.39 is 5.69 Å². The molecule has 1 heterocycles. The molecule has 0 aliphatic rings. The van der Waals surface area contributed by atoms with Crippen LogP contribution in [0.15, 0.2) is 35.6 Å². The Bertz CT molecular complexity index is 700. The topological polar surface area (TPSA) is 87.9 Å². The van der Waals surface area contributed by atoms with E-state index in [0.717, 1.165) is 29.5 Å². The molecule has 6 nitrogen and oxygen atoms in total. The summed E-state index contributed by atoms with van der Waals surface area (Å²) in [5.74, 6) is 6.54. The summed E-state index contributed by atoms with van der Waals surface area (Å²) in [4.78, 5) is 22.8. The third kappa shape index (κ3) is 3.23. The van der Waals surface area contributed by atoms with Crippen molar-refractivity contribution in [1.82, 2.24) is 15.0 Å². The van der Waals surface area contributed by atoms with E-state index in [1.807, 2.05) is 18.2 Å². The van der Waals surface area contributed by atoms with E-state index >= 15 is 0 Å². The predicted octanol–water partition coefficient (Wildman–Crippen LogP) is 1.82. The first kappa shape index (κ1) is 15.9. The molecule has 0 aliphatic carbocycles. The second kappa shape index (κ2) is 7.00. The van der Waals surface area contributed by atoms with Gasteiger partial charge < -0.3 is 0 Å². The molecule has 0 saturated carbocycles. The molecule has 0 fully saturated rings. The summed E-state index contributed by atoms with van der Waals surface area (Å²) in [7, 11) is 0. The number of benzene rings is 1. The number of hydrogen-bond donors (Lipinski definition) is 2. The number of hydrazine groups is 1. The highest BCUT2D eigenvalue weighted by Crippen LogP contribution is 2.26. The van der Waals surface area contributed by atoms with Gasteiger partial charge in [-0.1, -0.05) is 38.1 Å². The van der Waals surface area contributed by atoms with Crippen LogP contribution in [0.4, 0.5) is 5.95 Å². The Morgan fingerprint density at radius 2 is 1.91 bits per heavy atom. The van der Waals surface area contributed by atoms with Crippen molar-refractivity contribution in [2.75, 3.05) is 11.6 Å². The molecule has 3 N–H and O–H groups in total. The summed E-state index contributed by atoms with van der Waals surface area (Å²) in [6, 6.07) is 6.10. The van der Waals surface area contributed by atoms with Crippen molar-refractivity contribution in [3.63, 3.8) is 0 Å². The summed E-state index contributed by atoms with van der Waals surface area (Å²) in [5.41, 5.74) is 2.76. The van der Waals surface area contributed by atoms with E-state index in [1.54, 1.807) is 6.08 Å². The largest absolute Gasteiger partial charge is 0.349 e. The molecule has 2 rings (SSSR count). The van der Waals surface area contributed by atoms with E-state index in [4.69, 9.17) is 5.84 Å². The Balaban J connectivity index is 2.63. The zero-order chi connectivity index (χ0) is 16.1. The Kier molecular flexibility index (Phi) is 5.06. The van der Waals surface area contributed by atoms with E-state index in [1.165, 1.54) is 5.01 Å². The lowest BCUT2D eigenvalue weighted by molar-refractivity contribution is 0.845. The normalized spacial score (nSPS) is 10.5. The average Bonchev–Trinajstić information content (AvgIpc) is 2.53. The smallest absolute Gasteiger partial charge is 0.290 e. The Morgan fingerprint density at radius 1 is 1.27 bits per heavy atom. The highest BCUT2D eigenvalue weighted by molar-refractivity contribution is 5.65. The van der Waals surface area contributed by atoms with Gasteiger partial charge in [-0.2, -0.15) is 9.97 Å². The van der Waals surface area contributed by atoms with Crippen LogP contribution in [0.5, 0.6) is 0 Å². The van der Waals surface area contributed by atoms with Crippen LogP contribution < -0.4 is 16.5 Å². The van der Waals surface area contributed by atoms with Gasteiger partial charge in [0.2, 0.25) is 5.95 Å². The second-order valence-corrected chi connectivity index (χ2v) is 4.90. The van der Waals surface area contributed by atoms with Crippen LogP contribution in [-0.2, 0) is 12.8 Å². The fourth-order valence-electron chi connectivity index (χ4n) is 2.39. The summed E-state index contributed by atoms with van der Waals surface area (Å²) < 4.78 is 0. The van der Waals surface area contributed by atoms with Crippen molar-refractivity contribution in [1.29, 1.82) is 0 Å². The maximum atomic E-state index is 11.9. The van der Waals surface area contributed by atoms with Crippen molar-refractivity contribution in [2.24, 2.45) is 5.84 Å². The van der Waals surface area contributed by atoms with Gasteiger partial charge in [-0.25, -0.2) is 10.6 Å². The molecule has 1 aromatic carbocycles. The van der Waals surface area contributed by atoms with Gasteiger partial charge in [0.25, 0.3) is 0 Å². The van der Waals surface area contributed by atoms with E-state index in [-0.39, 0.29) is 5.95 Å². The number of hydrogen-bond acceptors (Lipinski definition) is 5. The van der Waals surface area contributed by atoms with Crippen LogP contribution in [-0.4, -0.2) is 21.5 Å². The standard InChI is InChI=1S/C16H21N5O/c1-4-10-21(17)15-18-14(19-16(22)20-15)13-11(5-2)8-7-9-12(13)6-3/h4,7-9H,1,5-6,10,17H2,2-3H3,(H,18,19,20,22). The van der Waals surface area contributed by atoms with Gasteiger partial charge in [0.15, 0.2) is 0 Å². The van der Waals surface area contributed by atoms with E-state index in [0.29, 0.717) is 12.4 Å². The molecule has 0 spiro atoms. The first-order valence-electron chi connectivity index (χ1n) is 7.33. The Labute approximate surface area is 129 Å². The van der Waals surface area contributed by atoms with Crippen LogP contribution in [0.2, 0.25) is 0 Å². The Hall–Kier alpha value is -2.47. The van der Waals surface area contributed by atoms with Gasteiger partial charge in [-0.15, -0.1) is 6.58 Å². The number of aromatic nitrogens is 3. The molecule has 0 unspecified atom stereocenters. The van der Waals surface area contributed by atoms with Gasteiger partial charge in [0, 0.05) is 5.56 Å². The van der Waals surface area contributed by atoms with Crippen LogP contribution in [0, 0.1) is 0 Å². The Morgan fingerprint density at radius 3 is 2.45 bits per heavy atom. The molecule has 0 saturated heterocycles. The minimum Gasteiger partial charge on any atom is -0.290 e. The maximum Gasteiger partial charge on any atom is 0.349 e. The predicted molar refractivity (Wildman–Crippen MR) is 88.6 cm³/mol. The highest BCUT2D eigenvalue weighted by atomic mass is 16.1. The lowest BCUT2D eigenvalue weighted by Crippen LogP contribution is -2.34. The second-order valence-electron chi connectivity index (χ2n) is 4.90. The number of H-pyrrole nitrogens is 1. The molecule has 0 atom stereocenters. The fraction of sp³-hybridized carbons (Fsp3) is 0.312. The lowest BCUT2D eigenvalue weighted by atomic mass is 9.97. The molecular weight excluding hydrogens is 278 g/mol. The van der Waals surface area contributed by atoms with Crippen LogP contribution >= 0.6 is 0 Å². The molecule has 0 amide bonds. The minimum absolute atomic E-state index is 0.187. The van der Waals surface area contributed by atoms with Crippen molar-refractivity contribution in [2.45, 2.75) is 26.7 Å². The number of nitrogens with one attached hydrogen (secondary N) is 1. The quantitative estimate of drug-likeness (QED) is 0.482. The van der Waals surface area contributed by atoms with Crippen LogP contribution in [0.25, 0.3) is 11.4 Å². The van der Waals surface area contributed by atoms with Crippen molar-refractivity contribution < 1.29 is 0 Å². The summed E-state index contributed by atoms with van der Waals surface area (Å²) in [5, 5.41) is 1.30. The van der Waals surface area contributed by atoms with Crippen LogP contribution in [0.3, 0.4) is 0 Å². The van der Waals surface area contributed by atoms with E-state index in [9.17, 15) is 4.79 Å². The van der Waals surface area contributed by atoms with Crippen molar-refractivity contribution in [3.8, 4) is 11.4 Å².